The summed E-state index contributed by atoms with van der Waals surface area (Å²) < 4.78 is 6.80. The first kappa shape index (κ1) is 13.9. The quantitative estimate of drug-likeness (QED) is 0.856. The molecule has 1 amide bonds. The number of halogens is 1. The summed E-state index contributed by atoms with van der Waals surface area (Å²) in [7, 11) is 1.61. The minimum absolute atomic E-state index is 0.0468. The van der Waals surface area contributed by atoms with Crippen LogP contribution in [0.5, 0.6) is 0 Å². The van der Waals surface area contributed by atoms with Crippen molar-refractivity contribution in [3.63, 3.8) is 0 Å². The second-order valence-electron chi connectivity index (χ2n) is 4.36. The molecule has 0 saturated heterocycles. The van der Waals surface area contributed by atoms with E-state index < -0.39 is 0 Å². The standard InChI is InChI=1S/C14H17ClN2O2/c1-10(14(18)16-7-9-19-2)17-8-6-11-4-3-5-12(15)13(11)17/h3-6,8,10H,7,9H2,1-2H3,(H,16,18). The zero-order valence-corrected chi connectivity index (χ0v) is 11.8. The van der Waals surface area contributed by atoms with Crippen molar-refractivity contribution >= 4 is 28.4 Å². The lowest BCUT2D eigenvalue weighted by Crippen LogP contribution is -2.33. The van der Waals surface area contributed by atoms with Crippen molar-refractivity contribution in [1.29, 1.82) is 0 Å². The van der Waals surface area contributed by atoms with E-state index in [2.05, 4.69) is 5.32 Å². The molecule has 0 aliphatic heterocycles. The van der Waals surface area contributed by atoms with Gasteiger partial charge in [-0.3, -0.25) is 4.79 Å². The molecule has 5 heteroatoms. The van der Waals surface area contributed by atoms with Gasteiger partial charge in [0.25, 0.3) is 0 Å². The molecular formula is C14H17ClN2O2. The van der Waals surface area contributed by atoms with Crippen LogP contribution < -0.4 is 5.32 Å². The fourth-order valence-electron chi connectivity index (χ4n) is 2.05. The third-order valence-electron chi connectivity index (χ3n) is 3.09. The van der Waals surface area contributed by atoms with Gasteiger partial charge in [0.15, 0.2) is 0 Å². The van der Waals surface area contributed by atoms with Gasteiger partial charge in [-0.25, -0.2) is 0 Å². The summed E-state index contributed by atoms with van der Waals surface area (Å²) in [5, 5.41) is 4.51. The molecular weight excluding hydrogens is 264 g/mol. The molecule has 0 aliphatic carbocycles. The molecule has 0 saturated carbocycles. The normalized spacial score (nSPS) is 12.6. The van der Waals surface area contributed by atoms with E-state index in [1.807, 2.05) is 42.0 Å². The van der Waals surface area contributed by atoms with Gasteiger partial charge in [0, 0.05) is 25.2 Å². The fraction of sp³-hybridized carbons (Fsp3) is 0.357. The molecule has 0 aliphatic rings. The Hall–Kier alpha value is -1.52. The van der Waals surface area contributed by atoms with E-state index in [-0.39, 0.29) is 11.9 Å². The second-order valence-corrected chi connectivity index (χ2v) is 4.77. The Morgan fingerprint density at radius 2 is 2.26 bits per heavy atom. The Morgan fingerprint density at radius 3 is 3.00 bits per heavy atom. The third-order valence-corrected chi connectivity index (χ3v) is 3.40. The van der Waals surface area contributed by atoms with Crippen LogP contribution in [0.15, 0.2) is 30.5 Å². The molecule has 1 atom stereocenters. The van der Waals surface area contributed by atoms with Crippen LogP contribution >= 0.6 is 11.6 Å². The van der Waals surface area contributed by atoms with Crippen LogP contribution in [0, 0.1) is 0 Å². The summed E-state index contributed by atoms with van der Waals surface area (Å²) in [5.41, 5.74) is 0.888. The summed E-state index contributed by atoms with van der Waals surface area (Å²) in [6.07, 6.45) is 1.89. The zero-order valence-electron chi connectivity index (χ0n) is 11.0. The van der Waals surface area contributed by atoms with Crippen LogP contribution in [-0.4, -0.2) is 30.7 Å². The first-order valence-electron chi connectivity index (χ1n) is 6.17. The number of fused-ring (bicyclic) bond motifs is 1. The molecule has 1 aromatic carbocycles. The lowest BCUT2D eigenvalue weighted by Gasteiger charge is -2.15. The fourth-order valence-corrected chi connectivity index (χ4v) is 2.33. The minimum atomic E-state index is -0.311. The average molecular weight is 281 g/mol. The smallest absolute Gasteiger partial charge is 0.242 e. The number of nitrogens with zero attached hydrogens (tertiary/aromatic N) is 1. The number of benzene rings is 1. The van der Waals surface area contributed by atoms with Crippen LogP contribution in [0.1, 0.15) is 13.0 Å². The number of carbonyl (C=O) groups is 1. The highest BCUT2D eigenvalue weighted by molar-refractivity contribution is 6.35. The highest BCUT2D eigenvalue weighted by Gasteiger charge is 2.17. The maximum Gasteiger partial charge on any atom is 0.242 e. The predicted molar refractivity (Wildman–Crippen MR) is 76.5 cm³/mol. The SMILES string of the molecule is COCCNC(=O)C(C)n1ccc2cccc(Cl)c21. The number of methoxy groups -OCH3 is 1. The Balaban J connectivity index is 2.21. The molecule has 2 aromatic rings. The maximum absolute atomic E-state index is 12.0. The summed E-state index contributed by atoms with van der Waals surface area (Å²) in [4.78, 5) is 12.0. The van der Waals surface area contributed by atoms with Crippen molar-refractivity contribution in [3.05, 3.63) is 35.5 Å². The molecule has 1 N–H and O–H groups in total. The van der Waals surface area contributed by atoms with Crippen molar-refractivity contribution in [1.82, 2.24) is 9.88 Å². The number of para-hydroxylation sites is 1. The van der Waals surface area contributed by atoms with Gasteiger partial charge < -0.3 is 14.6 Å². The summed E-state index contributed by atoms with van der Waals surface area (Å²) in [5.74, 6) is -0.0468. The molecule has 2 rings (SSSR count). The molecule has 0 bridgehead atoms. The molecule has 19 heavy (non-hydrogen) atoms. The van der Waals surface area contributed by atoms with E-state index in [1.165, 1.54) is 0 Å². The molecule has 0 fully saturated rings. The highest BCUT2D eigenvalue weighted by atomic mass is 35.5. The molecule has 4 nitrogen and oxygen atoms in total. The Kier molecular flexibility index (Phi) is 4.45. The number of rotatable bonds is 5. The summed E-state index contributed by atoms with van der Waals surface area (Å²) >= 11 is 6.21. The van der Waals surface area contributed by atoms with Crippen LogP contribution in [0.2, 0.25) is 5.02 Å². The van der Waals surface area contributed by atoms with Crippen molar-refractivity contribution in [2.75, 3.05) is 20.3 Å². The van der Waals surface area contributed by atoms with Gasteiger partial charge >= 0.3 is 0 Å². The van der Waals surface area contributed by atoms with E-state index >= 15 is 0 Å². The average Bonchev–Trinajstić information content (AvgIpc) is 2.83. The topological polar surface area (TPSA) is 43.3 Å². The van der Waals surface area contributed by atoms with Gasteiger partial charge in [-0.1, -0.05) is 23.7 Å². The van der Waals surface area contributed by atoms with Crippen LogP contribution in [0.3, 0.4) is 0 Å². The number of hydrogen-bond donors (Lipinski definition) is 1. The highest BCUT2D eigenvalue weighted by Crippen LogP contribution is 2.27. The molecule has 1 heterocycles. The van der Waals surface area contributed by atoms with Gasteiger partial charge in [-0.05, 0) is 19.1 Å². The minimum Gasteiger partial charge on any atom is -0.383 e. The monoisotopic (exact) mass is 280 g/mol. The van der Waals surface area contributed by atoms with Gasteiger partial charge in [0.05, 0.1) is 17.1 Å². The van der Waals surface area contributed by atoms with E-state index in [1.54, 1.807) is 7.11 Å². The maximum atomic E-state index is 12.0. The molecule has 0 radical (unpaired) electrons. The first-order valence-corrected chi connectivity index (χ1v) is 6.54. The number of hydrogen-bond acceptors (Lipinski definition) is 2. The molecule has 1 aromatic heterocycles. The number of nitrogens with one attached hydrogen (secondary N) is 1. The van der Waals surface area contributed by atoms with E-state index in [0.29, 0.717) is 18.2 Å². The van der Waals surface area contributed by atoms with Gasteiger partial charge in [0.1, 0.15) is 6.04 Å². The van der Waals surface area contributed by atoms with Crippen molar-refractivity contribution < 1.29 is 9.53 Å². The zero-order chi connectivity index (χ0) is 13.8. The lowest BCUT2D eigenvalue weighted by atomic mass is 10.2. The lowest BCUT2D eigenvalue weighted by molar-refractivity contribution is -0.123. The van der Waals surface area contributed by atoms with Gasteiger partial charge in [0.2, 0.25) is 5.91 Å². The number of aromatic nitrogens is 1. The van der Waals surface area contributed by atoms with Gasteiger partial charge in [-0.2, -0.15) is 0 Å². The Bertz CT molecular complexity index is 580. The third kappa shape index (κ3) is 2.91. The largest absolute Gasteiger partial charge is 0.383 e. The van der Waals surface area contributed by atoms with E-state index in [4.69, 9.17) is 16.3 Å². The van der Waals surface area contributed by atoms with Crippen molar-refractivity contribution in [2.45, 2.75) is 13.0 Å². The van der Waals surface area contributed by atoms with Crippen molar-refractivity contribution in [3.8, 4) is 0 Å². The Morgan fingerprint density at radius 1 is 1.47 bits per heavy atom. The van der Waals surface area contributed by atoms with E-state index in [0.717, 1.165) is 10.9 Å². The second kappa shape index (κ2) is 6.08. The van der Waals surface area contributed by atoms with Crippen LogP contribution in [0.25, 0.3) is 10.9 Å². The number of amides is 1. The van der Waals surface area contributed by atoms with Crippen molar-refractivity contribution in [2.24, 2.45) is 0 Å². The van der Waals surface area contributed by atoms with Crippen LogP contribution in [-0.2, 0) is 9.53 Å². The Labute approximate surface area is 117 Å². The van der Waals surface area contributed by atoms with Gasteiger partial charge in [-0.15, -0.1) is 0 Å². The molecule has 0 spiro atoms. The predicted octanol–water partition coefficient (Wildman–Crippen LogP) is 2.62. The molecule has 1 unspecified atom stereocenters. The number of ether oxygens (including phenoxy) is 1. The first-order chi connectivity index (χ1) is 9.15. The van der Waals surface area contributed by atoms with E-state index in [9.17, 15) is 4.79 Å². The van der Waals surface area contributed by atoms with Crippen LogP contribution in [0.4, 0.5) is 0 Å². The summed E-state index contributed by atoms with van der Waals surface area (Å²) in [6, 6.07) is 7.36. The summed E-state index contributed by atoms with van der Waals surface area (Å²) in [6.45, 7) is 2.86. The molecule has 102 valence electrons. The number of carbonyl (C=O) groups excluding carboxylic acids is 1.